The lowest BCUT2D eigenvalue weighted by molar-refractivity contribution is 0.307. The summed E-state index contributed by atoms with van der Waals surface area (Å²) in [5.41, 5.74) is 2.16. The van der Waals surface area contributed by atoms with Gasteiger partial charge in [-0.3, -0.25) is 4.79 Å². The van der Waals surface area contributed by atoms with Gasteiger partial charge in [0.05, 0.1) is 17.1 Å². The second-order valence-electron chi connectivity index (χ2n) is 8.01. The molecule has 0 aliphatic heterocycles. The predicted octanol–water partition coefficient (Wildman–Crippen LogP) is 6.99. The topological polar surface area (TPSA) is 56.5 Å². The molecule has 174 valence electrons. The summed E-state index contributed by atoms with van der Waals surface area (Å²) in [7, 11) is 0. The molecule has 5 aromatic rings. The predicted molar refractivity (Wildman–Crippen MR) is 146 cm³/mol. The summed E-state index contributed by atoms with van der Waals surface area (Å²) < 4.78 is 8.33. The molecule has 5 nitrogen and oxygen atoms in total. The van der Waals surface area contributed by atoms with Crippen LogP contribution in [-0.2, 0) is 13.0 Å². The van der Waals surface area contributed by atoms with Gasteiger partial charge in [-0.05, 0) is 52.7 Å². The number of halogens is 2. The summed E-state index contributed by atoms with van der Waals surface area (Å²) in [6.45, 7) is 2.33. The van der Waals surface area contributed by atoms with Crippen molar-refractivity contribution in [2.75, 3.05) is 0 Å². The molecular formula is C28H21BrClN3O2. The van der Waals surface area contributed by atoms with Gasteiger partial charge in [-0.1, -0.05) is 76.9 Å². The molecule has 0 saturated heterocycles. The molecule has 7 heteroatoms. The number of benzene rings is 4. The monoisotopic (exact) mass is 545 g/mol. The SMILES string of the molecule is CCc1nc2ccc(Br)cc2c(=O)n1N=Cc1cc(Cl)ccc1OCc1cccc2ccccc12. The van der Waals surface area contributed by atoms with E-state index in [1.165, 1.54) is 4.68 Å². The fourth-order valence-electron chi connectivity index (χ4n) is 3.99. The van der Waals surface area contributed by atoms with Crippen LogP contribution in [0.15, 0.2) is 93.2 Å². The molecule has 0 spiro atoms. The van der Waals surface area contributed by atoms with E-state index in [0.717, 1.165) is 20.8 Å². The van der Waals surface area contributed by atoms with Crippen molar-refractivity contribution in [2.45, 2.75) is 20.0 Å². The van der Waals surface area contributed by atoms with E-state index in [9.17, 15) is 4.79 Å². The maximum atomic E-state index is 13.2. The smallest absolute Gasteiger partial charge is 0.282 e. The van der Waals surface area contributed by atoms with E-state index in [1.54, 1.807) is 24.4 Å². The van der Waals surface area contributed by atoms with Gasteiger partial charge < -0.3 is 4.74 Å². The Morgan fingerprint density at radius 2 is 1.86 bits per heavy atom. The third-order valence-corrected chi connectivity index (χ3v) is 6.47. The van der Waals surface area contributed by atoms with Gasteiger partial charge in [0, 0.05) is 21.5 Å². The third kappa shape index (κ3) is 4.85. The quantitative estimate of drug-likeness (QED) is 0.216. The van der Waals surface area contributed by atoms with E-state index in [1.807, 2.05) is 43.3 Å². The minimum absolute atomic E-state index is 0.232. The minimum Gasteiger partial charge on any atom is -0.488 e. The highest BCUT2D eigenvalue weighted by Gasteiger charge is 2.11. The molecular weight excluding hydrogens is 526 g/mol. The number of aromatic nitrogens is 2. The molecule has 1 aromatic heterocycles. The second-order valence-corrected chi connectivity index (χ2v) is 9.37. The Labute approximate surface area is 215 Å². The van der Waals surface area contributed by atoms with E-state index in [2.05, 4.69) is 50.3 Å². The largest absolute Gasteiger partial charge is 0.488 e. The van der Waals surface area contributed by atoms with Crippen LogP contribution in [0.25, 0.3) is 21.7 Å². The van der Waals surface area contributed by atoms with E-state index >= 15 is 0 Å². The number of ether oxygens (including phenoxy) is 1. The fourth-order valence-corrected chi connectivity index (χ4v) is 4.53. The van der Waals surface area contributed by atoms with Gasteiger partial charge in [0.25, 0.3) is 5.56 Å². The molecule has 0 N–H and O–H groups in total. The van der Waals surface area contributed by atoms with Crippen molar-refractivity contribution in [1.82, 2.24) is 9.66 Å². The molecule has 0 fully saturated rings. The lowest BCUT2D eigenvalue weighted by Crippen LogP contribution is -2.22. The summed E-state index contributed by atoms with van der Waals surface area (Å²) in [6, 6.07) is 25.2. The third-order valence-electron chi connectivity index (χ3n) is 5.74. The van der Waals surface area contributed by atoms with Gasteiger partial charge in [-0.2, -0.15) is 9.78 Å². The normalized spacial score (nSPS) is 11.5. The Kier molecular flexibility index (Phi) is 6.66. The van der Waals surface area contributed by atoms with Crippen molar-refractivity contribution in [3.63, 3.8) is 0 Å². The zero-order chi connectivity index (χ0) is 24.4. The number of hydrogen-bond acceptors (Lipinski definition) is 4. The van der Waals surface area contributed by atoms with Crippen molar-refractivity contribution >= 4 is 55.4 Å². The molecule has 35 heavy (non-hydrogen) atoms. The van der Waals surface area contributed by atoms with Gasteiger partial charge in [-0.15, -0.1) is 0 Å². The minimum atomic E-state index is -0.232. The van der Waals surface area contributed by atoms with Crippen LogP contribution in [-0.4, -0.2) is 15.9 Å². The van der Waals surface area contributed by atoms with Gasteiger partial charge in [0.15, 0.2) is 0 Å². The highest BCUT2D eigenvalue weighted by Crippen LogP contribution is 2.25. The zero-order valence-electron chi connectivity index (χ0n) is 18.9. The number of aryl methyl sites for hydroxylation is 1. The molecule has 1 heterocycles. The van der Waals surface area contributed by atoms with Crippen LogP contribution in [0.1, 0.15) is 23.9 Å². The van der Waals surface area contributed by atoms with Gasteiger partial charge in [0.1, 0.15) is 18.2 Å². The van der Waals surface area contributed by atoms with Crippen LogP contribution in [0.2, 0.25) is 5.02 Å². The Bertz CT molecular complexity index is 1640. The van der Waals surface area contributed by atoms with Crippen molar-refractivity contribution in [3.8, 4) is 5.75 Å². The maximum Gasteiger partial charge on any atom is 0.282 e. The number of nitrogens with zero attached hydrogens (tertiary/aromatic N) is 3. The van der Waals surface area contributed by atoms with E-state index in [4.69, 9.17) is 16.3 Å². The van der Waals surface area contributed by atoms with E-state index < -0.39 is 0 Å². The molecule has 0 aliphatic carbocycles. The first-order valence-electron chi connectivity index (χ1n) is 11.2. The molecule has 0 bridgehead atoms. The number of rotatable bonds is 6. The molecule has 0 amide bonds. The van der Waals surface area contributed by atoms with Crippen molar-refractivity contribution < 1.29 is 4.74 Å². The Hall–Kier alpha value is -3.48. The van der Waals surface area contributed by atoms with Gasteiger partial charge in [0.2, 0.25) is 0 Å². The van der Waals surface area contributed by atoms with Crippen LogP contribution in [0.5, 0.6) is 5.75 Å². The highest BCUT2D eigenvalue weighted by molar-refractivity contribution is 9.10. The first kappa shape index (κ1) is 23.3. The Balaban J connectivity index is 1.50. The lowest BCUT2D eigenvalue weighted by Gasteiger charge is -2.12. The van der Waals surface area contributed by atoms with Crippen LogP contribution < -0.4 is 10.3 Å². The van der Waals surface area contributed by atoms with Gasteiger partial charge in [-0.25, -0.2) is 4.98 Å². The standard InChI is InChI=1S/C28H21BrClN3O2/c1-2-27-32-25-12-10-21(29)15-24(25)28(34)33(27)31-16-20-14-22(30)11-13-26(20)35-17-19-8-5-7-18-6-3-4-9-23(18)19/h3-16H,2,17H2,1H3. The summed E-state index contributed by atoms with van der Waals surface area (Å²) in [6.07, 6.45) is 2.15. The number of fused-ring (bicyclic) bond motifs is 2. The molecule has 5 rings (SSSR count). The van der Waals surface area contributed by atoms with E-state index in [0.29, 0.717) is 46.1 Å². The van der Waals surface area contributed by atoms with Crippen LogP contribution in [0.4, 0.5) is 0 Å². The maximum absolute atomic E-state index is 13.2. The molecule has 0 atom stereocenters. The average molecular weight is 547 g/mol. The Morgan fingerprint density at radius 1 is 1.03 bits per heavy atom. The van der Waals surface area contributed by atoms with Crippen LogP contribution >= 0.6 is 27.5 Å². The second kappa shape index (κ2) is 10.0. The molecule has 4 aromatic carbocycles. The summed E-state index contributed by atoms with van der Waals surface area (Å²) in [5.74, 6) is 1.19. The van der Waals surface area contributed by atoms with Crippen molar-refractivity contribution in [3.05, 3.63) is 116 Å². The number of hydrogen-bond donors (Lipinski definition) is 0. The molecule has 0 saturated carbocycles. The average Bonchev–Trinajstić information content (AvgIpc) is 2.87. The van der Waals surface area contributed by atoms with Crippen molar-refractivity contribution in [1.29, 1.82) is 0 Å². The zero-order valence-corrected chi connectivity index (χ0v) is 21.3. The molecule has 0 unspecified atom stereocenters. The fraction of sp³-hybridized carbons (Fsp3) is 0.107. The summed E-state index contributed by atoms with van der Waals surface area (Å²) >= 11 is 9.70. The first-order chi connectivity index (χ1) is 17.0. The van der Waals surface area contributed by atoms with E-state index in [-0.39, 0.29) is 5.56 Å². The van der Waals surface area contributed by atoms with Gasteiger partial charge >= 0.3 is 0 Å². The summed E-state index contributed by atoms with van der Waals surface area (Å²) in [5, 5.41) is 7.84. The first-order valence-corrected chi connectivity index (χ1v) is 12.3. The van der Waals surface area contributed by atoms with Crippen molar-refractivity contribution in [2.24, 2.45) is 5.10 Å². The Morgan fingerprint density at radius 3 is 2.71 bits per heavy atom. The molecule has 0 radical (unpaired) electrons. The molecule has 0 aliphatic rings. The highest BCUT2D eigenvalue weighted by atomic mass is 79.9. The summed E-state index contributed by atoms with van der Waals surface area (Å²) in [4.78, 5) is 17.8. The lowest BCUT2D eigenvalue weighted by atomic mass is 10.1. The van der Waals surface area contributed by atoms with Crippen LogP contribution in [0.3, 0.4) is 0 Å². The van der Waals surface area contributed by atoms with Crippen LogP contribution in [0, 0.1) is 0 Å².